The number of carboxylic acid groups (broad SMARTS) is 1. The van der Waals surface area contributed by atoms with Gasteiger partial charge in [0.25, 0.3) is 0 Å². The number of hydrogen-bond acceptors (Lipinski definition) is 4. The summed E-state index contributed by atoms with van der Waals surface area (Å²) in [6, 6.07) is 0. The summed E-state index contributed by atoms with van der Waals surface area (Å²) in [4.78, 5) is 12.9. The van der Waals surface area contributed by atoms with Gasteiger partial charge >= 0.3 is 5.97 Å². The van der Waals surface area contributed by atoms with Gasteiger partial charge in [0.15, 0.2) is 0 Å². The Labute approximate surface area is 114 Å². The van der Waals surface area contributed by atoms with Gasteiger partial charge in [-0.25, -0.2) is 0 Å². The number of carbonyl (C=O) groups is 1. The van der Waals surface area contributed by atoms with Crippen LogP contribution in [0.5, 0.6) is 0 Å². The van der Waals surface area contributed by atoms with Gasteiger partial charge in [-0.2, -0.15) is 0 Å². The van der Waals surface area contributed by atoms with Gasteiger partial charge in [0.1, 0.15) is 0 Å². The van der Waals surface area contributed by atoms with E-state index in [0.717, 1.165) is 32.5 Å². The Kier molecular flexibility index (Phi) is 5.60. The van der Waals surface area contributed by atoms with Crippen molar-refractivity contribution in [1.29, 1.82) is 0 Å². The molecule has 2 heterocycles. The highest BCUT2D eigenvalue weighted by atomic mass is 16.5. The van der Waals surface area contributed by atoms with E-state index in [1.54, 1.807) is 0 Å². The van der Waals surface area contributed by atoms with Crippen molar-refractivity contribution in [3.8, 4) is 0 Å². The average Bonchev–Trinajstić information content (AvgIpc) is 2.77. The molecule has 0 aromatic rings. The molecule has 110 valence electrons. The normalized spacial score (nSPS) is 29.7. The minimum Gasteiger partial charge on any atom is -0.481 e. The van der Waals surface area contributed by atoms with Crippen LogP contribution in [-0.4, -0.2) is 60.5 Å². The van der Waals surface area contributed by atoms with Gasteiger partial charge in [0, 0.05) is 19.6 Å². The lowest BCUT2D eigenvalue weighted by Crippen LogP contribution is -2.41. The average molecular weight is 271 g/mol. The fraction of sp³-hybridized carbons (Fsp3) is 0.929. The molecule has 0 bridgehead atoms. The molecule has 5 heteroatoms. The zero-order chi connectivity index (χ0) is 13.7. The highest BCUT2D eigenvalue weighted by Gasteiger charge is 2.26. The predicted molar refractivity (Wildman–Crippen MR) is 71.2 cm³/mol. The van der Waals surface area contributed by atoms with Crippen LogP contribution in [0.15, 0.2) is 0 Å². The molecule has 1 N–H and O–H groups in total. The van der Waals surface area contributed by atoms with E-state index in [1.807, 2.05) is 0 Å². The van der Waals surface area contributed by atoms with Gasteiger partial charge in [0.2, 0.25) is 0 Å². The standard InChI is InChI=1S/C14H25NO4/c1-11-2-3-13(19-11)10-15-7-4-12(5-8-15)18-9-6-14(16)17/h11-13H,2-10H2,1H3,(H,16,17). The Balaban J connectivity index is 1.58. The molecule has 2 aliphatic heterocycles. The molecular weight excluding hydrogens is 246 g/mol. The largest absolute Gasteiger partial charge is 0.481 e. The molecule has 0 spiro atoms. The van der Waals surface area contributed by atoms with E-state index in [4.69, 9.17) is 14.6 Å². The maximum atomic E-state index is 10.4. The molecule has 0 aliphatic carbocycles. The quantitative estimate of drug-likeness (QED) is 0.793. The van der Waals surface area contributed by atoms with Gasteiger partial charge in [-0.15, -0.1) is 0 Å². The van der Waals surface area contributed by atoms with Gasteiger partial charge < -0.3 is 19.5 Å². The van der Waals surface area contributed by atoms with Crippen molar-refractivity contribution < 1.29 is 19.4 Å². The van der Waals surface area contributed by atoms with Crippen LogP contribution in [0.25, 0.3) is 0 Å². The minimum absolute atomic E-state index is 0.105. The fourth-order valence-electron chi connectivity index (χ4n) is 2.88. The topological polar surface area (TPSA) is 59.0 Å². The third-order valence-corrected chi connectivity index (χ3v) is 3.99. The first-order valence-electron chi connectivity index (χ1n) is 7.34. The third kappa shape index (κ3) is 5.09. The highest BCUT2D eigenvalue weighted by Crippen LogP contribution is 2.22. The smallest absolute Gasteiger partial charge is 0.305 e. The molecule has 2 saturated heterocycles. The van der Waals surface area contributed by atoms with Crippen molar-refractivity contribution in [1.82, 2.24) is 4.90 Å². The molecular formula is C14H25NO4. The summed E-state index contributed by atoms with van der Waals surface area (Å²) in [6.45, 7) is 5.58. The Morgan fingerprint density at radius 2 is 2.05 bits per heavy atom. The van der Waals surface area contributed by atoms with Gasteiger partial charge in [-0.1, -0.05) is 0 Å². The van der Waals surface area contributed by atoms with Crippen LogP contribution in [0.1, 0.15) is 39.0 Å². The monoisotopic (exact) mass is 271 g/mol. The first-order valence-corrected chi connectivity index (χ1v) is 7.34. The lowest BCUT2D eigenvalue weighted by Gasteiger charge is -2.33. The zero-order valence-corrected chi connectivity index (χ0v) is 11.7. The summed E-state index contributed by atoms with van der Waals surface area (Å²) in [5, 5.41) is 8.56. The molecule has 2 atom stereocenters. The molecule has 2 aliphatic rings. The second-order valence-electron chi connectivity index (χ2n) is 5.66. The Hall–Kier alpha value is -0.650. The summed E-state index contributed by atoms with van der Waals surface area (Å²) in [5.74, 6) is -0.787. The van der Waals surface area contributed by atoms with Crippen molar-refractivity contribution >= 4 is 5.97 Å². The van der Waals surface area contributed by atoms with Gasteiger partial charge in [-0.05, 0) is 32.6 Å². The summed E-state index contributed by atoms with van der Waals surface area (Å²) < 4.78 is 11.4. The highest BCUT2D eigenvalue weighted by molar-refractivity contribution is 5.66. The van der Waals surface area contributed by atoms with Crippen LogP contribution in [0.4, 0.5) is 0 Å². The maximum Gasteiger partial charge on any atom is 0.305 e. The number of rotatable bonds is 6. The lowest BCUT2D eigenvalue weighted by atomic mass is 10.1. The first kappa shape index (κ1) is 14.8. The van der Waals surface area contributed by atoms with E-state index < -0.39 is 5.97 Å². The molecule has 0 radical (unpaired) electrons. The SMILES string of the molecule is CC1CCC(CN2CCC(OCCC(=O)O)CC2)O1. The molecule has 0 aromatic carbocycles. The maximum absolute atomic E-state index is 10.4. The van der Waals surface area contributed by atoms with Crippen LogP contribution < -0.4 is 0 Å². The molecule has 0 aromatic heterocycles. The Morgan fingerprint density at radius 1 is 1.32 bits per heavy atom. The molecule has 2 unspecified atom stereocenters. The van der Waals surface area contributed by atoms with Crippen molar-refractivity contribution in [2.45, 2.75) is 57.3 Å². The summed E-state index contributed by atoms with van der Waals surface area (Å²) >= 11 is 0. The zero-order valence-electron chi connectivity index (χ0n) is 11.7. The second-order valence-corrected chi connectivity index (χ2v) is 5.66. The van der Waals surface area contributed by atoms with E-state index in [0.29, 0.717) is 18.8 Å². The summed E-state index contributed by atoms with van der Waals surface area (Å²) in [6.07, 6.45) is 5.52. The Morgan fingerprint density at radius 3 is 2.63 bits per heavy atom. The number of likely N-dealkylation sites (tertiary alicyclic amines) is 1. The lowest BCUT2D eigenvalue weighted by molar-refractivity contribution is -0.138. The molecule has 0 saturated carbocycles. The van der Waals surface area contributed by atoms with Crippen LogP contribution in [-0.2, 0) is 14.3 Å². The van der Waals surface area contributed by atoms with Crippen molar-refractivity contribution in [2.75, 3.05) is 26.2 Å². The fourth-order valence-corrected chi connectivity index (χ4v) is 2.88. The van der Waals surface area contributed by atoms with Crippen LogP contribution in [0.3, 0.4) is 0 Å². The van der Waals surface area contributed by atoms with Crippen LogP contribution in [0.2, 0.25) is 0 Å². The minimum atomic E-state index is -0.787. The number of hydrogen-bond donors (Lipinski definition) is 1. The van der Waals surface area contributed by atoms with E-state index in [2.05, 4.69) is 11.8 Å². The third-order valence-electron chi connectivity index (χ3n) is 3.99. The summed E-state index contributed by atoms with van der Waals surface area (Å²) in [5.41, 5.74) is 0. The number of aliphatic carboxylic acids is 1. The first-order chi connectivity index (χ1) is 9.13. The predicted octanol–water partition coefficient (Wildman–Crippen LogP) is 1.51. The van der Waals surface area contributed by atoms with Gasteiger partial charge in [0.05, 0.1) is 31.3 Å². The van der Waals surface area contributed by atoms with Crippen LogP contribution >= 0.6 is 0 Å². The van der Waals surface area contributed by atoms with E-state index in [-0.39, 0.29) is 12.5 Å². The van der Waals surface area contributed by atoms with Crippen LogP contribution in [0, 0.1) is 0 Å². The number of nitrogens with zero attached hydrogens (tertiary/aromatic N) is 1. The molecule has 19 heavy (non-hydrogen) atoms. The summed E-state index contributed by atoms with van der Waals surface area (Å²) in [7, 11) is 0. The van der Waals surface area contributed by atoms with E-state index >= 15 is 0 Å². The number of piperidine rings is 1. The molecule has 0 amide bonds. The van der Waals surface area contributed by atoms with E-state index in [9.17, 15) is 4.79 Å². The Bertz CT molecular complexity index is 289. The molecule has 5 nitrogen and oxygen atoms in total. The van der Waals surface area contributed by atoms with Gasteiger partial charge in [-0.3, -0.25) is 4.79 Å². The molecule has 2 rings (SSSR count). The van der Waals surface area contributed by atoms with Crippen molar-refractivity contribution in [3.63, 3.8) is 0 Å². The number of ether oxygens (including phenoxy) is 2. The second kappa shape index (κ2) is 7.22. The van der Waals surface area contributed by atoms with E-state index in [1.165, 1.54) is 12.8 Å². The number of carboxylic acids is 1. The van der Waals surface area contributed by atoms with Crippen molar-refractivity contribution in [3.05, 3.63) is 0 Å². The van der Waals surface area contributed by atoms with Crippen molar-refractivity contribution in [2.24, 2.45) is 0 Å². The molecule has 2 fully saturated rings.